The molecule has 2 aromatic heterocycles. The Kier molecular flexibility index (Phi) is 4.74. The molecule has 1 N–H and O–H groups in total. The van der Waals surface area contributed by atoms with Gasteiger partial charge in [0.2, 0.25) is 0 Å². The van der Waals surface area contributed by atoms with Crippen molar-refractivity contribution in [2.45, 2.75) is 13.8 Å². The first-order valence-electron chi connectivity index (χ1n) is 6.45. The van der Waals surface area contributed by atoms with Gasteiger partial charge in [-0.25, -0.2) is 0 Å². The van der Waals surface area contributed by atoms with Crippen LogP contribution in [0.25, 0.3) is 0 Å². The number of ketones is 1. The molecule has 1 amide bonds. The summed E-state index contributed by atoms with van der Waals surface area (Å²) < 4.78 is 7.17. The number of thiophene rings is 1. The third kappa shape index (κ3) is 3.69. The van der Waals surface area contributed by atoms with Crippen molar-refractivity contribution in [3.63, 3.8) is 0 Å². The van der Waals surface area contributed by atoms with Crippen LogP contribution in [-0.4, -0.2) is 34.6 Å². The van der Waals surface area contributed by atoms with E-state index in [2.05, 4.69) is 10.4 Å². The Morgan fingerprint density at radius 1 is 1.43 bits per heavy atom. The zero-order valence-corrected chi connectivity index (χ0v) is 13.0. The first-order valence-corrected chi connectivity index (χ1v) is 7.33. The Hall–Kier alpha value is -2.15. The lowest BCUT2D eigenvalue weighted by Crippen LogP contribution is -2.33. The van der Waals surface area contributed by atoms with Crippen molar-refractivity contribution in [2.75, 3.05) is 13.2 Å². The molecule has 2 heterocycles. The summed E-state index contributed by atoms with van der Waals surface area (Å²) in [4.78, 5) is 24.1. The van der Waals surface area contributed by atoms with E-state index in [1.165, 1.54) is 11.3 Å². The molecular formula is C14H17N3O3S. The van der Waals surface area contributed by atoms with Crippen molar-refractivity contribution in [1.29, 1.82) is 0 Å². The van der Waals surface area contributed by atoms with Gasteiger partial charge in [0.15, 0.2) is 18.1 Å². The van der Waals surface area contributed by atoms with Gasteiger partial charge < -0.3 is 10.1 Å². The van der Waals surface area contributed by atoms with Crippen molar-refractivity contribution in [2.24, 2.45) is 7.05 Å². The fourth-order valence-corrected chi connectivity index (χ4v) is 2.52. The highest BCUT2D eigenvalue weighted by Crippen LogP contribution is 2.20. The first-order chi connectivity index (χ1) is 9.99. The number of Topliss-reactive ketones (excluding diaryl/α,β-unsaturated/α-hetero) is 1. The first kappa shape index (κ1) is 15.2. The largest absolute Gasteiger partial charge is 0.480 e. The fourth-order valence-electron chi connectivity index (χ4n) is 1.86. The predicted molar refractivity (Wildman–Crippen MR) is 79.8 cm³/mol. The molecule has 0 aliphatic heterocycles. The van der Waals surface area contributed by atoms with E-state index in [9.17, 15) is 9.59 Å². The number of amides is 1. The molecule has 0 aliphatic carbocycles. The molecule has 0 atom stereocenters. The van der Waals surface area contributed by atoms with E-state index in [0.29, 0.717) is 10.6 Å². The Morgan fingerprint density at radius 3 is 2.76 bits per heavy atom. The second-order valence-corrected chi connectivity index (χ2v) is 5.54. The van der Waals surface area contributed by atoms with E-state index in [0.717, 1.165) is 11.4 Å². The van der Waals surface area contributed by atoms with Crippen LogP contribution in [0.15, 0.2) is 17.5 Å². The van der Waals surface area contributed by atoms with E-state index in [1.807, 2.05) is 26.3 Å². The minimum atomic E-state index is -0.331. The van der Waals surface area contributed by atoms with Crippen molar-refractivity contribution >= 4 is 23.0 Å². The normalized spacial score (nSPS) is 10.4. The van der Waals surface area contributed by atoms with E-state index in [1.54, 1.807) is 16.8 Å². The number of rotatable bonds is 6. The summed E-state index contributed by atoms with van der Waals surface area (Å²) in [5.74, 6) is 0.173. The molecule has 2 rings (SSSR count). The molecule has 0 saturated heterocycles. The molecule has 0 spiro atoms. The van der Waals surface area contributed by atoms with Crippen molar-refractivity contribution < 1.29 is 14.3 Å². The van der Waals surface area contributed by atoms with Crippen LogP contribution in [0.2, 0.25) is 0 Å². The predicted octanol–water partition coefficient (Wildman–Crippen LogP) is 1.48. The van der Waals surface area contributed by atoms with E-state index < -0.39 is 0 Å². The van der Waals surface area contributed by atoms with Crippen LogP contribution in [0.1, 0.15) is 21.1 Å². The number of nitrogens with one attached hydrogen (secondary N) is 1. The highest BCUT2D eigenvalue weighted by atomic mass is 32.1. The lowest BCUT2D eigenvalue weighted by Gasteiger charge is -2.07. The van der Waals surface area contributed by atoms with Gasteiger partial charge in [0.25, 0.3) is 5.91 Å². The molecule has 0 saturated carbocycles. The van der Waals surface area contributed by atoms with Gasteiger partial charge in [0.05, 0.1) is 17.1 Å². The van der Waals surface area contributed by atoms with Crippen molar-refractivity contribution in [1.82, 2.24) is 15.1 Å². The van der Waals surface area contributed by atoms with Crippen LogP contribution in [0.4, 0.5) is 0 Å². The maximum absolute atomic E-state index is 11.7. The Morgan fingerprint density at radius 2 is 2.19 bits per heavy atom. The molecule has 0 aliphatic rings. The Labute approximate surface area is 126 Å². The molecular weight excluding hydrogens is 290 g/mol. The van der Waals surface area contributed by atoms with Gasteiger partial charge in [-0.3, -0.25) is 14.3 Å². The van der Waals surface area contributed by atoms with E-state index >= 15 is 0 Å². The van der Waals surface area contributed by atoms with Gasteiger partial charge in [-0.1, -0.05) is 6.07 Å². The Bertz CT molecular complexity index is 647. The van der Waals surface area contributed by atoms with Crippen LogP contribution in [0, 0.1) is 13.8 Å². The summed E-state index contributed by atoms with van der Waals surface area (Å²) in [6.07, 6.45) is 0. The van der Waals surface area contributed by atoms with Crippen LogP contribution in [-0.2, 0) is 11.8 Å². The van der Waals surface area contributed by atoms with Gasteiger partial charge in [-0.15, -0.1) is 11.3 Å². The van der Waals surface area contributed by atoms with Crippen LogP contribution < -0.4 is 10.1 Å². The number of carbonyl (C=O) groups excluding carboxylic acids is 2. The summed E-state index contributed by atoms with van der Waals surface area (Å²) in [6, 6.07) is 3.54. The maximum atomic E-state index is 11.7. The summed E-state index contributed by atoms with van der Waals surface area (Å²) in [6.45, 7) is 3.53. The molecule has 112 valence electrons. The number of hydrogen-bond acceptors (Lipinski definition) is 5. The average molecular weight is 307 g/mol. The smallest absolute Gasteiger partial charge is 0.258 e. The molecule has 0 fully saturated rings. The maximum Gasteiger partial charge on any atom is 0.258 e. The molecule has 0 aromatic carbocycles. The molecule has 7 heteroatoms. The third-order valence-electron chi connectivity index (χ3n) is 3.03. The second kappa shape index (κ2) is 6.53. The number of carbonyl (C=O) groups is 2. The lowest BCUT2D eigenvalue weighted by molar-refractivity contribution is -0.122. The average Bonchev–Trinajstić information content (AvgIpc) is 3.05. The van der Waals surface area contributed by atoms with E-state index in [4.69, 9.17) is 4.74 Å². The van der Waals surface area contributed by atoms with Crippen LogP contribution in [0.5, 0.6) is 5.75 Å². The van der Waals surface area contributed by atoms with Crippen LogP contribution >= 0.6 is 11.3 Å². The van der Waals surface area contributed by atoms with Crippen molar-refractivity contribution in [3.05, 3.63) is 33.8 Å². The minimum absolute atomic E-state index is 0.0201. The van der Waals surface area contributed by atoms with Gasteiger partial charge in [-0.2, -0.15) is 5.10 Å². The SMILES string of the molecule is Cc1nn(C)c(C)c1OCC(=O)NCC(=O)c1cccs1. The summed E-state index contributed by atoms with van der Waals surface area (Å²) >= 11 is 1.36. The fraction of sp³-hybridized carbons (Fsp3) is 0.357. The molecule has 0 unspecified atom stereocenters. The third-order valence-corrected chi connectivity index (χ3v) is 3.94. The number of aromatic nitrogens is 2. The highest BCUT2D eigenvalue weighted by Gasteiger charge is 2.13. The highest BCUT2D eigenvalue weighted by molar-refractivity contribution is 7.12. The zero-order valence-electron chi connectivity index (χ0n) is 12.2. The molecule has 6 nitrogen and oxygen atoms in total. The molecule has 21 heavy (non-hydrogen) atoms. The lowest BCUT2D eigenvalue weighted by atomic mass is 10.3. The number of aryl methyl sites for hydroxylation is 2. The van der Waals surface area contributed by atoms with Gasteiger partial charge in [0.1, 0.15) is 5.69 Å². The van der Waals surface area contributed by atoms with Crippen LogP contribution in [0.3, 0.4) is 0 Å². The minimum Gasteiger partial charge on any atom is -0.480 e. The second-order valence-electron chi connectivity index (χ2n) is 4.59. The standard InChI is InChI=1S/C14H17N3O3S/c1-9-14(10(2)17(3)16-9)20-8-13(19)15-7-11(18)12-5-4-6-21-12/h4-6H,7-8H2,1-3H3,(H,15,19). The van der Waals surface area contributed by atoms with Gasteiger partial charge in [-0.05, 0) is 25.3 Å². The zero-order chi connectivity index (χ0) is 15.4. The number of nitrogens with zero attached hydrogens (tertiary/aromatic N) is 2. The summed E-state index contributed by atoms with van der Waals surface area (Å²) in [5, 5.41) is 8.58. The summed E-state index contributed by atoms with van der Waals surface area (Å²) in [7, 11) is 1.81. The van der Waals surface area contributed by atoms with Gasteiger partial charge >= 0.3 is 0 Å². The molecule has 2 aromatic rings. The summed E-state index contributed by atoms with van der Waals surface area (Å²) in [5.41, 5.74) is 1.59. The monoisotopic (exact) mass is 307 g/mol. The van der Waals surface area contributed by atoms with Gasteiger partial charge in [0, 0.05) is 7.05 Å². The quantitative estimate of drug-likeness (QED) is 0.820. The Balaban J connectivity index is 1.81. The molecule has 0 radical (unpaired) electrons. The number of hydrogen-bond donors (Lipinski definition) is 1. The molecule has 0 bridgehead atoms. The van der Waals surface area contributed by atoms with Crippen molar-refractivity contribution in [3.8, 4) is 5.75 Å². The topological polar surface area (TPSA) is 73.2 Å². The number of ether oxygens (including phenoxy) is 1. The van der Waals surface area contributed by atoms with E-state index in [-0.39, 0.29) is 24.8 Å².